The Kier molecular flexibility index (Phi) is 10.5. The quantitative estimate of drug-likeness (QED) is 0.193. The highest BCUT2D eigenvalue weighted by atomic mass is 35.5. The molecule has 204 valence electrons. The molecule has 1 heterocycles. The van der Waals surface area contributed by atoms with Crippen LogP contribution in [0.2, 0.25) is 5.02 Å². The van der Waals surface area contributed by atoms with Gasteiger partial charge < -0.3 is 14.5 Å². The lowest BCUT2D eigenvalue weighted by Crippen LogP contribution is -2.30. The van der Waals surface area contributed by atoms with Crippen LogP contribution >= 0.6 is 11.6 Å². The summed E-state index contributed by atoms with van der Waals surface area (Å²) in [6.07, 6.45) is 5.85. The van der Waals surface area contributed by atoms with E-state index in [9.17, 15) is 14.4 Å². The summed E-state index contributed by atoms with van der Waals surface area (Å²) in [7, 11) is 8.55. The number of hydrogen-bond donors (Lipinski definition) is 0. The normalized spacial score (nSPS) is 11.2. The topological polar surface area (TPSA) is 92.7 Å². The second-order valence-electron chi connectivity index (χ2n) is 9.57. The lowest BCUT2D eigenvalue weighted by molar-refractivity contribution is -0.124. The Morgan fingerprint density at radius 3 is 2.44 bits per heavy atom. The number of hydrogen-bond acceptors (Lipinski definition) is 7. The summed E-state index contributed by atoms with van der Waals surface area (Å²) < 4.78 is 5.54. The van der Waals surface area contributed by atoms with Crippen LogP contribution in [0.4, 0.5) is 0 Å². The van der Waals surface area contributed by atoms with Gasteiger partial charge in [-0.25, -0.2) is 9.97 Å². The van der Waals surface area contributed by atoms with Crippen molar-refractivity contribution in [3.63, 3.8) is 0 Å². The first kappa shape index (κ1) is 29.7. The number of halogens is 1. The van der Waals surface area contributed by atoms with Crippen LogP contribution in [-0.4, -0.2) is 79.1 Å². The van der Waals surface area contributed by atoms with E-state index in [-0.39, 0.29) is 18.6 Å². The molecule has 2 aromatic carbocycles. The van der Waals surface area contributed by atoms with Gasteiger partial charge in [-0.1, -0.05) is 54.1 Å². The van der Waals surface area contributed by atoms with Gasteiger partial charge in [-0.15, -0.1) is 0 Å². The van der Waals surface area contributed by atoms with Crippen LogP contribution in [0.25, 0.3) is 0 Å². The van der Waals surface area contributed by atoms with Crippen LogP contribution in [0.15, 0.2) is 60.8 Å². The Morgan fingerprint density at radius 2 is 1.74 bits per heavy atom. The van der Waals surface area contributed by atoms with Crippen LogP contribution in [-0.2, 0) is 28.9 Å². The van der Waals surface area contributed by atoms with E-state index >= 15 is 0 Å². The summed E-state index contributed by atoms with van der Waals surface area (Å²) in [5.74, 6) is -0.00833. The number of amides is 1. The lowest BCUT2D eigenvalue weighted by Gasteiger charge is -2.13. The molecule has 0 saturated carbocycles. The Bertz CT molecular complexity index is 1390. The van der Waals surface area contributed by atoms with E-state index in [2.05, 4.69) is 9.97 Å². The monoisotopic (exact) mass is 548 g/mol. The van der Waals surface area contributed by atoms with Gasteiger partial charge in [0, 0.05) is 57.2 Å². The molecule has 1 aromatic heterocycles. The van der Waals surface area contributed by atoms with Crippen molar-refractivity contribution in [2.75, 3.05) is 41.8 Å². The van der Waals surface area contributed by atoms with Crippen LogP contribution in [0, 0.1) is 0 Å². The predicted molar refractivity (Wildman–Crippen MR) is 152 cm³/mol. The largest absolute Gasteiger partial charge is 0.496 e. The van der Waals surface area contributed by atoms with Crippen molar-refractivity contribution in [2.24, 2.45) is 0 Å². The zero-order valence-corrected chi connectivity index (χ0v) is 23.7. The van der Waals surface area contributed by atoms with E-state index in [0.717, 1.165) is 11.1 Å². The molecule has 0 N–H and O–H groups in total. The fourth-order valence-corrected chi connectivity index (χ4v) is 4.11. The minimum Gasteiger partial charge on any atom is -0.496 e. The molecule has 3 rings (SSSR count). The van der Waals surface area contributed by atoms with E-state index < -0.39 is 11.7 Å². The van der Waals surface area contributed by atoms with Crippen molar-refractivity contribution >= 4 is 29.1 Å². The standard InChI is InChI=1S/C30H33ClN4O4/c1-34(2)14-8-10-23(36)16-20-12-13-27(39-5)22(15-20)18-28-32-19-25(31)26(33-28)17-21-9-6-7-11-24(21)29(37)30(38)35(3)4/h6-13,15,19H,14,16-18H2,1-5H3/b10-8+. The average Bonchev–Trinajstić information content (AvgIpc) is 2.90. The lowest BCUT2D eigenvalue weighted by atomic mass is 9.98. The number of carbonyl (C=O) groups excluding carboxylic acids is 3. The molecular formula is C30H33ClN4O4. The number of ether oxygens (including phenoxy) is 1. The van der Waals surface area contributed by atoms with Crippen molar-refractivity contribution in [3.05, 3.63) is 99.6 Å². The molecule has 0 bridgehead atoms. The molecule has 0 aliphatic heterocycles. The number of nitrogens with zero attached hydrogens (tertiary/aromatic N) is 4. The molecule has 0 fully saturated rings. The fourth-order valence-electron chi connectivity index (χ4n) is 3.95. The van der Waals surface area contributed by atoms with Crippen LogP contribution in [0.5, 0.6) is 5.75 Å². The van der Waals surface area contributed by atoms with E-state index in [4.69, 9.17) is 16.3 Å². The number of methoxy groups -OCH3 is 1. The molecule has 0 atom stereocenters. The maximum atomic E-state index is 12.8. The molecular weight excluding hydrogens is 516 g/mol. The SMILES string of the molecule is COc1ccc(CC(=O)/C=C/CN(C)C)cc1Cc1ncc(Cl)c(Cc2ccccc2C(=O)C(=O)N(C)C)n1. The Hall–Kier alpha value is -3.88. The van der Waals surface area contributed by atoms with Crippen molar-refractivity contribution in [1.29, 1.82) is 0 Å². The molecule has 8 nitrogen and oxygen atoms in total. The highest BCUT2D eigenvalue weighted by Crippen LogP contribution is 2.25. The van der Waals surface area contributed by atoms with Gasteiger partial charge in [-0.2, -0.15) is 0 Å². The minimum absolute atomic E-state index is 0.0129. The highest BCUT2D eigenvalue weighted by molar-refractivity contribution is 6.43. The molecule has 9 heteroatoms. The molecule has 0 saturated heterocycles. The van der Waals surface area contributed by atoms with Gasteiger partial charge in [-0.3, -0.25) is 14.4 Å². The zero-order chi connectivity index (χ0) is 28.5. The highest BCUT2D eigenvalue weighted by Gasteiger charge is 2.22. The van der Waals surface area contributed by atoms with E-state index in [1.165, 1.54) is 25.2 Å². The number of likely N-dealkylation sites (N-methyl/N-ethyl adjacent to an activating group) is 2. The van der Waals surface area contributed by atoms with Crippen LogP contribution in [0.3, 0.4) is 0 Å². The Balaban J connectivity index is 1.84. The molecule has 0 unspecified atom stereocenters. The molecule has 0 aliphatic carbocycles. The summed E-state index contributed by atoms with van der Waals surface area (Å²) in [4.78, 5) is 49.8. The number of rotatable bonds is 12. The third-order valence-electron chi connectivity index (χ3n) is 5.93. The second kappa shape index (κ2) is 13.8. The van der Waals surface area contributed by atoms with E-state index in [1.807, 2.05) is 43.3 Å². The molecule has 39 heavy (non-hydrogen) atoms. The molecule has 0 radical (unpaired) electrons. The first-order valence-electron chi connectivity index (χ1n) is 12.4. The molecule has 0 spiro atoms. The predicted octanol–water partition coefficient (Wildman–Crippen LogP) is 3.82. The molecule has 0 aliphatic rings. The van der Waals surface area contributed by atoms with Crippen LogP contribution in [0.1, 0.15) is 38.6 Å². The smallest absolute Gasteiger partial charge is 0.294 e. The number of aromatic nitrogens is 2. The zero-order valence-electron chi connectivity index (χ0n) is 22.9. The van der Waals surface area contributed by atoms with Gasteiger partial charge in [0.1, 0.15) is 11.6 Å². The summed E-state index contributed by atoms with van der Waals surface area (Å²) in [6, 6.07) is 12.6. The van der Waals surface area contributed by atoms with Gasteiger partial charge in [0.05, 0.1) is 17.8 Å². The fraction of sp³-hybridized carbons (Fsp3) is 0.300. The second-order valence-corrected chi connectivity index (χ2v) is 9.98. The van der Waals surface area contributed by atoms with Gasteiger partial charge in [-0.05, 0) is 37.4 Å². The molecule has 3 aromatic rings. The van der Waals surface area contributed by atoms with Gasteiger partial charge in [0.2, 0.25) is 0 Å². The van der Waals surface area contributed by atoms with Crippen molar-refractivity contribution in [2.45, 2.75) is 19.3 Å². The number of carbonyl (C=O) groups is 3. The number of Topliss-reactive ketones (excluding diaryl/α,β-unsaturated/α-hetero) is 1. The minimum atomic E-state index is -0.601. The Morgan fingerprint density at radius 1 is 1.00 bits per heavy atom. The third kappa shape index (κ3) is 8.30. The summed E-state index contributed by atoms with van der Waals surface area (Å²) in [5.41, 5.74) is 3.18. The van der Waals surface area contributed by atoms with Gasteiger partial charge >= 0.3 is 0 Å². The van der Waals surface area contributed by atoms with E-state index in [1.54, 1.807) is 37.5 Å². The third-order valence-corrected chi connectivity index (χ3v) is 6.25. The first-order chi connectivity index (χ1) is 18.6. The maximum Gasteiger partial charge on any atom is 0.294 e. The van der Waals surface area contributed by atoms with Gasteiger partial charge in [0.25, 0.3) is 11.7 Å². The number of ketones is 2. The Labute approximate surface area is 234 Å². The van der Waals surface area contributed by atoms with Crippen molar-refractivity contribution in [3.8, 4) is 5.75 Å². The molecule has 1 amide bonds. The maximum absolute atomic E-state index is 12.8. The summed E-state index contributed by atoms with van der Waals surface area (Å²) >= 11 is 6.44. The first-order valence-corrected chi connectivity index (χ1v) is 12.8. The van der Waals surface area contributed by atoms with Crippen molar-refractivity contribution in [1.82, 2.24) is 19.8 Å². The average molecular weight is 549 g/mol. The van der Waals surface area contributed by atoms with Gasteiger partial charge in [0.15, 0.2) is 5.78 Å². The summed E-state index contributed by atoms with van der Waals surface area (Å²) in [5, 5.41) is 0.357. The van der Waals surface area contributed by atoms with Crippen molar-refractivity contribution < 1.29 is 19.1 Å². The number of benzene rings is 2. The van der Waals surface area contributed by atoms with E-state index in [0.29, 0.717) is 46.4 Å². The number of allylic oxidation sites excluding steroid dienone is 1. The van der Waals surface area contributed by atoms with Crippen LogP contribution < -0.4 is 4.74 Å². The summed E-state index contributed by atoms with van der Waals surface area (Å²) in [6.45, 7) is 0.695.